The molecule has 1 atom stereocenters. The quantitative estimate of drug-likeness (QED) is 0.364. The molecule has 3 aromatic rings. The van der Waals surface area contributed by atoms with Gasteiger partial charge < -0.3 is 9.47 Å². The second-order valence-corrected chi connectivity index (χ2v) is 12.5. The summed E-state index contributed by atoms with van der Waals surface area (Å²) in [6.45, 7) is 1.21. The molecule has 0 fully saturated rings. The molecular formula is C23H26BrO2PS. The Morgan fingerprint density at radius 2 is 1.32 bits per heavy atom. The molecule has 3 aromatic carbocycles. The molecule has 0 aliphatic heterocycles. The van der Waals surface area contributed by atoms with E-state index in [0.29, 0.717) is 19.2 Å². The summed E-state index contributed by atoms with van der Waals surface area (Å²) in [6, 6.07) is 25.1. The molecule has 148 valence electrons. The number of rotatable bonds is 8. The fourth-order valence-corrected chi connectivity index (χ4v) is 4.57. The van der Waals surface area contributed by atoms with Crippen LogP contribution in [0.25, 0.3) is 0 Å². The Morgan fingerprint density at radius 1 is 0.786 bits per heavy atom. The van der Waals surface area contributed by atoms with E-state index >= 15 is 0 Å². The van der Waals surface area contributed by atoms with Gasteiger partial charge in [-0.3, -0.25) is 0 Å². The van der Waals surface area contributed by atoms with E-state index in [1.807, 2.05) is 12.1 Å². The third-order valence-electron chi connectivity index (χ3n) is 4.41. The lowest BCUT2D eigenvalue weighted by molar-refractivity contribution is 0.107. The Morgan fingerprint density at radius 3 is 1.89 bits per heavy atom. The van der Waals surface area contributed by atoms with Gasteiger partial charge in [-0.1, -0.05) is 52.3 Å². The third kappa shape index (κ3) is 6.35. The SMILES string of the molecule is CS(C)(COc1ccc(COCc2ccc(P)cc2)cc1)c1ccc(Br)cc1. The molecular weight excluding hydrogens is 451 g/mol. The maximum atomic E-state index is 6.08. The minimum atomic E-state index is -1.00. The summed E-state index contributed by atoms with van der Waals surface area (Å²) in [7, 11) is 1.69. The van der Waals surface area contributed by atoms with Gasteiger partial charge in [0.25, 0.3) is 0 Å². The van der Waals surface area contributed by atoms with Crippen molar-refractivity contribution >= 4 is 40.5 Å². The summed E-state index contributed by atoms with van der Waals surface area (Å²) in [6.07, 6.45) is 4.56. The van der Waals surface area contributed by atoms with Gasteiger partial charge in [0.05, 0.1) is 13.2 Å². The Labute approximate surface area is 180 Å². The van der Waals surface area contributed by atoms with E-state index in [0.717, 1.165) is 15.8 Å². The monoisotopic (exact) mass is 476 g/mol. The van der Waals surface area contributed by atoms with E-state index in [2.05, 4.69) is 98.3 Å². The van der Waals surface area contributed by atoms with Crippen molar-refractivity contribution in [1.82, 2.24) is 0 Å². The largest absolute Gasteiger partial charge is 0.484 e. The van der Waals surface area contributed by atoms with Crippen LogP contribution in [0.2, 0.25) is 0 Å². The summed E-state index contributed by atoms with van der Waals surface area (Å²) in [5.41, 5.74) is 2.33. The molecule has 1 unspecified atom stereocenters. The highest BCUT2D eigenvalue weighted by atomic mass is 79.9. The standard InChI is InChI=1S/C23H26BrO2PS/c1-28(2,23-13-7-20(24)8-14-23)17-26-21-9-3-18(4-10-21)15-25-16-19-5-11-22(27)12-6-19/h3-14H,15-17,27H2,1-2H3. The zero-order valence-corrected chi connectivity index (χ0v) is 19.8. The first-order chi connectivity index (χ1) is 13.4. The van der Waals surface area contributed by atoms with Crippen LogP contribution in [0.4, 0.5) is 0 Å². The van der Waals surface area contributed by atoms with Crippen LogP contribution in [0.5, 0.6) is 5.75 Å². The molecule has 0 heterocycles. The molecule has 0 aromatic heterocycles. The van der Waals surface area contributed by atoms with Crippen LogP contribution in [-0.2, 0) is 18.0 Å². The highest BCUT2D eigenvalue weighted by molar-refractivity contribution is 9.10. The second-order valence-electron chi connectivity index (χ2n) is 7.13. The molecule has 3 rings (SSSR count). The molecule has 0 aliphatic rings. The minimum Gasteiger partial charge on any atom is -0.484 e. The van der Waals surface area contributed by atoms with Crippen LogP contribution < -0.4 is 10.0 Å². The normalized spacial score (nSPS) is 12.0. The van der Waals surface area contributed by atoms with Gasteiger partial charge in [-0.15, -0.1) is 9.24 Å². The molecule has 28 heavy (non-hydrogen) atoms. The first-order valence-corrected chi connectivity index (χ1v) is 13.0. The topological polar surface area (TPSA) is 18.5 Å². The van der Waals surface area contributed by atoms with Crippen LogP contribution in [-0.4, -0.2) is 18.5 Å². The molecule has 0 bridgehead atoms. The van der Waals surface area contributed by atoms with Gasteiger partial charge in [0.2, 0.25) is 0 Å². The second kappa shape index (κ2) is 9.93. The molecule has 0 saturated carbocycles. The predicted molar refractivity (Wildman–Crippen MR) is 128 cm³/mol. The Balaban J connectivity index is 1.48. The lowest BCUT2D eigenvalue weighted by atomic mass is 10.2. The van der Waals surface area contributed by atoms with E-state index in [1.54, 1.807) is 0 Å². The highest BCUT2D eigenvalue weighted by Gasteiger charge is 2.15. The molecule has 0 spiro atoms. The predicted octanol–water partition coefficient (Wildman–Crippen LogP) is 6.13. The third-order valence-corrected chi connectivity index (χ3v) is 7.58. The van der Waals surface area contributed by atoms with Crippen LogP contribution in [0.1, 0.15) is 11.1 Å². The minimum absolute atomic E-state index is 0.596. The zero-order valence-electron chi connectivity index (χ0n) is 16.2. The lowest BCUT2D eigenvalue weighted by Gasteiger charge is -2.31. The van der Waals surface area contributed by atoms with E-state index < -0.39 is 10.0 Å². The molecule has 0 saturated heterocycles. The molecule has 0 amide bonds. The van der Waals surface area contributed by atoms with Gasteiger partial charge in [-0.2, -0.15) is 10.0 Å². The number of benzene rings is 3. The average molecular weight is 477 g/mol. The van der Waals surface area contributed by atoms with Gasteiger partial charge in [-0.25, -0.2) is 0 Å². The summed E-state index contributed by atoms with van der Waals surface area (Å²) < 4.78 is 13.0. The molecule has 0 radical (unpaired) electrons. The summed E-state index contributed by atoms with van der Waals surface area (Å²) in [5, 5.41) is 1.18. The van der Waals surface area contributed by atoms with Crippen LogP contribution >= 0.6 is 35.2 Å². The van der Waals surface area contributed by atoms with E-state index in [9.17, 15) is 0 Å². The summed E-state index contributed by atoms with van der Waals surface area (Å²) in [5.74, 6) is 1.60. The van der Waals surface area contributed by atoms with Crippen LogP contribution in [0.15, 0.2) is 82.2 Å². The Bertz CT molecular complexity index is 878. The highest BCUT2D eigenvalue weighted by Crippen LogP contribution is 2.49. The van der Waals surface area contributed by atoms with Gasteiger partial charge in [0.1, 0.15) is 11.7 Å². The maximum Gasteiger partial charge on any atom is 0.122 e. The Kier molecular flexibility index (Phi) is 7.59. The van der Waals surface area contributed by atoms with Crippen LogP contribution in [0.3, 0.4) is 0 Å². The van der Waals surface area contributed by atoms with Crippen molar-refractivity contribution < 1.29 is 9.47 Å². The first-order valence-electron chi connectivity index (χ1n) is 9.03. The number of ether oxygens (including phenoxy) is 2. The summed E-state index contributed by atoms with van der Waals surface area (Å²) in [4.78, 5) is 1.34. The fourth-order valence-electron chi connectivity index (χ4n) is 2.67. The van der Waals surface area contributed by atoms with Crippen molar-refractivity contribution in [2.75, 3.05) is 18.5 Å². The average Bonchev–Trinajstić information content (AvgIpc) is 2.69. The van der Waals surface area contributed by atoms with Gasteiger partial charge in [0.15, 0.2) is 0 Å². The van der Waals surface area contributed by atoms with Gasteiger partial charge in [0, 0.05) is 4.47 Å². The zero-order chi connectivity index (χ0) is 20.0. The van der Waals surface area contributed by atoms with E-state index in [4.69, 9.17) is 9.47 Å². The van der Waals surface area contributed by atoms with Crippen molar-refractivity contribution in [3.63, 3.8) is 0 Å². The van der Waals surface area contributed by atoms with Crippen LogP contribution in [0, 0.1) is 0 Å². The van der Waals surface area contributed by atoms with Gasteiger partial charge >= 0.3 is 0 Å². The lowest BCUT2D eigenvalue weighted by Crippen LogP contribution is -2.08. The van der Waals surface area contributed by atoms with Crippen molar-refractivity contribution in [3.8, 4) is 5.75 Å². The van der Waals surface area contributed by atoms with E-state index in [-0.39, 0.29) is 0 Å². The summed E-state index contributed by atoms with van der Waals surface area (Å²) >= 11 is 3.50. The Hall–Kier alpha value is -1.32. The maximum absolute atomic E-state index is 6.08. The fraction of sp³-hybridized carbons (Fsp3) is 0.217. The molecule has 0 N–H and O–H groups in total. The smallest absolute Gasteiger partial charge is 0.122 e. The number of hydrogen-bond donors (Lipinski definition) is 0. The van der Waals surface area contributed by atoms with Gasteiger partial charge in [-0.05, 0) is 70.2 Å². The van der Waals surface area contributed by atoms with Crippen molar-refractivity contribution in [2.45, 2.75) is 18.1 Å². The van der Waals surface area contributed by atoms with Crippen molar-refractivity contribution in [2.24, 2.45) is 0 Å². The first kappa shape index (κ1) is 21.4. The van der Waals surface area contributed by atoms with Crippen molar-refractivity contribution in [3.05, 3.63) is 88.4 Å². The molecule has 0 aliphatic carbocycles. The van der Waals surface area contributed by atoms with E-state index in [1.165, 1.54) is 15.8 Å². The number of hydrogen-bond acceptors (Lipinski definition) is 2. The molecule has 5 heteroatoms. The number of halogens is 1. The van der Waals surface area contributed by atoms with Crippen molar-refractivity contribution in [1.29, 1.82) is 0 Å². The molecule has 2 nitrogen and oxygen atoms in total.